The van der Waals surface area contributed by atoms with Crippen LogP contribution < -0.4 is 5.32 Å². The number of rotatable bonds is 4. The molecule has 3 heteroatoms. The van der Waals surface area contributed by atoms with Crippen LogP contribution in [0.3, 0.4) is 0 Å². The zero-order valence-electron chi connectivity index (χ0n) is 13.2. The van der Waals surface area contributed by atoms with Crippen molar-refractivity contribution in [1.29, 1.82) is 0 Å². The smallest absolute Gasteiger partial charge is 0.0449 e. The molecule has 1 aliphatic heterocycles. The van der Waals surface area contributed by atoms with E-state index in [1.165, 1.54) is 50.8 Å². The second kappa shape index (κ2) is 7.17. The van der Waals surface area contributed by atoms with Crippen molar-refractivity contribution in [3.8, 4) is 0 Å². The quantitative estimate of drug-likeness (QED) is 0.913. The molecule has 1 aromatic carbocycles. The van der Waals surface area contributed by atoms with Crippen LogP contribution in [0, 0.1) is 0 Å². The van der Waals surface area contributed by atoms with Gasteiger partial charge in [-0.05, 0) is 44.2 Å². The standard InChI is InChI=1S/C18H28N2S/c1-21-18(10-5-6-11-18)15-20-13-7-12-19-17(14-20)16-8-3-2-4-9-16/h2-4,8-9,17,19H,5-7,10-15H2,1H3. The van der Waals surface area contributed by atoms with E-state index in [1.54, 1.807) is 0 Å². The SMILES string of the molecule is CSC1(CN2CCCNC(c3ccccc3)C2)CCCC1. The van der Waals surface area contributed by atoms with Gasteiger partial charge in [-0.3, -0.25) is 0 Å². The number of benzene rings is 1. The predicted octanol–water partition coefficient (Wildman–Crippen LogP) is 3.70. The largest absolute Gasteiger partial charge is 0.309 e. The van der Waals surface area contributed by atoms with E-state index in [4.69, 9.17) is 0 Å². The Balaban J connectivity index is 1.67. The molecule has 0 radical (unpaired) electrons. The lowest BCUT2D eigenvalue weighted by atomic mass is 10.0. The van der Waals surface area contributed by atoms with Crippen LogP contribution in [0.25, 0.3) is 0 Å². The highest BCUT2D eigenvalue weighted by atomic mass is 32.2. The van der Waals surface area contributed by atoms with Gasteiger partial charge in [-0.15, -0.1) is 0 Å². The zero-order chi connectivity index (χ0) is 14.5. The fraction of sp³-hybridized carbons (Fsp3) is 0.667. The Bertz CT molecular complexity index is 428. The predicted molar refractivity (Wildman–Crippen MR) is 93.0 cm³/mol. The molecule has 0 amide bonds. The summed E-state index contributed by atoms with van der Waals surface area (Å²) in [7, 11) is 0. The number of nitrogens with zero attached hydrogens (tertiary/aromatic N) is 1. The second-order valence-corrected chi connectivity index (χ2v) is 7.87. The maximum atomic E-state index is 3.73. The van der Waals surface area contributed by atoms with Gasteiger partial charge < -0.3 is 10.2 Å². The molecule has 3 rings (SSSR count). The first kappa shape index (κ1) is 15.4. The Kier molecular flexibility index (Phi) is 5.25. The highest BCUT2D eigenvalue weighted by Crippen LogP contribution is 2.41. The number of thioether (sulfide) groups is 1. The van der Waals surface area contributed by atoms with Crippen LogP contribution in [-0.2, 0) is 0 Å². The first-order valence-electron chi connectivity index (χ1n) is 8.37. The van der Waals surface area contributed by atoms with Gasteiger partial charge >= 0.3 is 0 Å². The molecule has 116 valence electrons. The summed E-state index contributed by atoms with van der Waals surface area (Å²) in [6, 6.07) is 11.5. The van der Waals surface area contributed by atoms with E-state index in [9.17, 15) is 0 Å². The van der Waals surface area contributed by atoms with Crippen molar-refractivity contribution in [2.24, 2.45) is 0 Å². The monoisotopic (exact) mass is 304 g/mol. The van der Waals surface area contributed by atoms with Crippen molar-refractivity contribution in [3.63, 3.8) is 0 Å². The molecule has 1 heterocycles. The highest BCUT2D eigenvalue weighted by molar-refractivity contribution is 8.00. The van der Waals surface area contributed by atoms with Crippen LogP contribution in [0.5, 0.6) is 0 Å². The normalized spacial score (nSPS) is 26.6. The minimum Gasteiger partial charge on any atom is -0.309 e. The third-order valence-electron chi connectivity index (χ3n) is 5.14. The van der Waals surface area contributed by atoms with Gasteiger partial charge in [0.15, 0.2) is 0 Å². The average molecular weight is 305 g/mol. The third-order valence-corrected chi connectivity index (χ3v) is 6.55. The van der Waals surface area contributed by atoms with Gasteiger partial charge in [-0.1, -0.05) is 43.2 Å². The number of hydrogen-bond donors (Lipinski definition) is 1. The van der Waals surface area contributed by atoms with E-state index in [0.29, 0.717) is 10.8 Å². The molecule has 1 saturated carbocycles. The van der Waals surface area contributed by atoms with Crippen molar-refractivity contribution in [2.75, 3.05) is 32.4 Å². The lowest BCUT2D eigenvalue weighted by molar-refractivity contribution is 0.242. The van der Waals surface area contributed by atoms with Crippen LogP contribution in [0.2, 0.25) is 0 Å². The average Bonchev–Trinajstić information content (AvgIpc) is 2.87. The van der Waals surface area contributed by atoms with Gasteiger partial charge in [0.05, 0.1) is 0 Å². The van der Waals surface area contributed by atoms with Crippen LogP contribution in [0.1, 0.15) is 43.7 Å². The van der Waals surface area contributed by atoms with Gasteiger partial charge in [0.25, 0.3) is 0 Å². The molecular formula is C18H28N2S. The molecule has 1 atom stereocenters. The molecule has 1 aliphatic carbocycles. The summed E-state index contributed by atoms with van der Waals surface area (Å²) >= 11 is 2.12. The molecule has 2 aliphatic rings. The summed E-state index contributed by atoms with van der Waals surface area (Å²) in [5, 5.41) is 3.73. The summed E-state index contributed by atoms with van der Waals surface area (Å²) in [4.78, 5) is 2.72. The van der Waals surface area contributed by atoms with Gasteiger partial charge in [0.2, 0.25) is 0 Å². The summed E-state index contributed by atoms with van der Waals surface area (Å²) in [6.07, 6.45) is 9.26. The number of hydrogen-bond acceptors (Lipinski definition) is 3. The minimum absolute atomic E-state index is 0.494. The first-order chi connectivity index (χ1) is 10.3. The van der Waals surface area contributed by atoms with Gasteiger partial charge in [0.1, 0.15) is 0 Å². The van der Waals surface area contributed by atoms with Gasteiger partial charge in [-0.25, -0.2) is 0 Å². The molecule has 2 nitrogen and oxygen atoms in total. The Morgan fingerprint density at radius 2 is 1.95 bits per heavy atom. The van der Waals surface area contributed by atoms with E-state index >= 15 is 0 Å². The van der Waals surface area contributed by atoms with Crippen LogP contribution >= 0.6 is 11.8 Å². The lowest BCUT2D eigenvalue weighted by Gasteiger charge is -2.34. The van der Waals surface area contributed by atoms with E-state index in [2.05, 4.69) is 58.6 Å². The first-order valence-corrected chi connectivity index (χ1v) is 9.60. The fourth-order valence-corrected chi connectivity index (χ4v) is 4.91. The molecule has 0 aromatic heterocycles. The van der Waals surface area contributed by atoms with E-state index in [-0.39, 0.29) is 0 Å². The summed E-state index contributed by atoms with van der Waals surface area (Å²) in [5.74, 6) is 0. The summed E-state index contributed by atoms with van der Waals surface area (Å²) in [5.41, 5.74) is 1.44. The Morgan fingerprint density at radius 3 is 2.67 bits per heavy atom. The van der Waals surface area contributed by atoms with Gasteiger partial charge in [-0.2, -0.15) is 11.8 Å². The zero-order valence-corrected chi connectivity index (χ0v) is 14.0. The lowest BCUT2D eigenvalue weighted by Crippen LogP contribution is -2.41. The van der Waals surface area contributed by atoms with E-state index < -0.39 is 0 Å². The van der Waals surface area contributed by atoms with Gasteiger partial charge in [0, 0.05) is 23.9 Å². The molecule has 0 bridgehead atoms. The molecule has 21 heavy (non-hydrogen) atoms. The van der Waals surface area contributed by atoms with Crippen molar-refractivity contribution in [3.05, 3.63) is 35.9 Å². The van der Waals surface area contributed by atoms with Crippen LogP contribution in [0.4, 0.5) is 0 Å². The van der Waals surface area contributed by atoms with E-state index in [1.807, 2.05) is 0 Å². The molecule has 1 unspecified atom stereocenters. The molecule has 0 spiro atoms. The Labute approximate surface area is 133 Å². The minimum atomic E-state index is 0.494. The maximum Gasteiger partial charge on any atom is 0.0449 e. The molecule has 2 fully saturated rings. The third kappa shape index (κ3) is 3.82. The molecular weight excluding hydrogens is 276 g/mol. The Hall–Kier alpha value is -0.510. The van der Waals surface area contributed by atoms with Crippen molar-refractivity contribution >= 4 is 11.8 Å². The van der Waals surface area contributed by atoms with Crippen LogP contribution in [-0.4, -0.2) is 42.1 Å². The fourth-order valence-electron chi connectivity index (χ4n) is 3.90. The second-order valence-electron chi connectivity index (χ2n) is 6.60. The van der Waals surface area contributed by atoms with Crippen LogP contribution in [0.15, 0.2) is 30.3 Å². The summed E-state index contributed by atoms with van der Waals surface area (Å²) in [6.45, 7) is 4.83. The Morgan fingerprint density at radius 1 is 1.19 bits per heavy atom. The molecule has 1 N–H and O–H groups in total. The highest BCUT2D eigenvalue weighted by Gasteiger charge is 2.35. The molecule has 1 aromatic rings. The van der Waals surface area contributed by atoms with Crippen molar-refractivity contribution < 1.29 is 0 Å². The summed E-state index contributed by atoms with van der Waals surface area (Å²) < 4.78 is 0.533. The van der Waals surface area contributed by atoms with Crippen molar-refractivity contribution in [1.82, 2.24) is 10.2 Å². The van der Waals surface area contributed by atoms with E-state index in [0.717, 1.165) is 13.1 Å². The number of nitrogens with one attached hydrogen (secondary N) is 1. The maximum absolute atomic E-state index is 3.73. The van der Waals surface area contributed by atoms with Crippen molar-refractivity contribution in [2.45, 2.75) is 42.9 Å². The molecule has 1 saturated heterocycles. The topological polar surface area (TPSA) is 15.3 Å².